The molecule has 2 amide bonds. The molecule has 0 spiro atoms. The molecule has 0 aliphatic rings. The number of hydrogen-bond donors (Lipinski definition) is 1. The molecule has 0 fully saturated rings. The van der Waals surface area contributed by atoms with Crippen LogP contribution in [-0.4, -0.2) is 44.3 Å². The van der Waals surface area contributed by atoms with Gasteiger partial charge in [0.05, 0.1) is 20.6 Å². The first-order valence-corrected chi connectivity index (χ1v) is 16.7. The predicted octanol–water partition coefficient (Wildman–Crippen LogP) is 6.88. The van der Waals surface area contributed by atoms with Gasteiger partial charge in [0.25, 0.3) is 10.0 Å². The third kappa shape index (κ3) is 9.06. The molecule has 1 unspecified atom stereocenters. The van der Waals surface area contributed by atoms with Crippen molar-refractivity contribution < 1.29 is 22.4 Å². The molecule has 1 N–H and O–H groups in total. The van der Waals surface area contributed by atoms with E-state index in [0.717, 1.165) is 34.8 Å². The van der Waals surface area contributed by atoms with Crippen LogP contribution in [0.15, 0.2) is 108 Å². The Hall–Kier alpha value is -3.92. The lowest BCUT2D eigenvalue weighted by Gasteiger charge is -2.34. The monoisotopic (exact) mass is 669 g/mol. The maximum absolute atomic E-state index is 14.4. The van der Waals surface area contributed by atoms with Gasteiger partial charge in [-0.25, -0.2) is 12.8 Å². The molecule has 4 aromatic rings. The number of anilines is 1. The Bertz CT molecular complexity index is 1690. The fourth-order valence-corrected chi connectivity index (χ4v) is 6.51. The number of benzene rings is 4. The highest BCUT2D eigenvalue weighted by molar-refractivity contribution is 7.92. The van der Waals surface area contributed by atoms with Gasteiger partial charge in [0.1, 0.15) is 18.4 Å². The third-order valence-corrected chi connectivity index (χ3v) is 9.69. The number of carbonyl (C=O) groups excluding carboxylic acids is 2. The minimum absolute atomic E-state index is 0.0451. The first kappa shape index (κ1) is 34.0. The molecule has 4 rings (SSSR count). The number of nitrogens with zero attached hydrogens (tertiary/aromatic N) is 2. The van der Waals surface area contributed by atoms with Crippen LogP contribution in [0.2, 0.25) is 10.0 Å². The molecule has 0 aromatic heterocycles. The summed E-state index contributed by atoms with van der Waals surface area (Å²) in [4.78, 5) is 29.5. The van der Waals surface area contributed by atoms with E-state index in [4.69, 9.17) is 23.2 Å². The van der Waals surface area contributed by atoms with Gasteiger partial charge in [0.2, 0.25) is 11.8 Å². The molecule has 1 atom stereocenters. The Morgan fingerprint density at radius 3 is 2.11 bits per heavy atom. The van der Waals surface area contributed by atoms with Gasteiger partial charge in [0, 0.05) is 19.5 Å². The number of halogens is 3. The van der Waals surface area contributed by atoms with Crippen molar-refractivity contribution in [2.45, 2.75) is 43.7 Å². The number of nitrogens with one attached hydrogen (secondary N) is 1. The smallest absolute Gasteiger partial charge is 0.264 e. The summed E-state index contributed by atoms with van der Waals surface area (Å²) in [7, 11) is -4.28. The highest BCUT2D eigenvalue weighted by atomic mass is 35.5. The molecule has 11 heteroatoms. The second-order valence-corrected chi connectivity index (χ2v) is 13.1. The van der Waals surface area contributed by atoms with Crippen LogP contribution in [0.25, 0.3) is 0 Å². The highest BCUT2D eigenvalue weighted by Crippen LogP contribution is 2.27. The second kappa shape index (κ2) is 15.9. The van der Waals surface area contributed by atoms with Crippen LogP contribution >= 0.6 is 23.2 Å². The average Bonchev–Trinajstić information content (AvgIpc) is 3.04. The Balaban J connectivity index is 1.79. The maximum atomic E-state index is 14.4. The van der Waals surface area contributed by atoms with Crippen LogP contribution in [0.1, 0.15) is 30.9 Å². The largest absolute Gasteiger partial charge is 0.354 e. The average molecular weight is 671 g/mol. The topological polar surface area (TPSA) is 86.8 Å². The van der Waals surface area contributed by atoms with E-state index in [2.05, 4.69) is 5.32 Å². The molecule has 0 heterocycles. The molecule has 45 heavy (non-hydrogen) atoms. The summed E-state index contributed by atoms with van der Waals surface area (Å²) < 4.78 is 42.7. The van der Waals surface area contributed by atoms with Crippen LogP contribution in [0.3, 0.4) is 0 Å². The molecular formula is C34H34Cl2FN3O4S. The van der Waals surface area contributed by atoms with Crippen LogP contribution in [0, 0.1) is 5.82 Å². The summed E-state index contributed by atoms with van der Waals surface area (Å²) in [5.74, 6) is -1.58. The summed E-state index contributed by atoms with van der Waals surface area (Å²) in [6, 6.07) is 25.7. The number of sulfonamides is 1. The van der Waals surface area contributed by atoms with Crippen LogP contribution in [0.4, 0.5) is 10.1 Å². The first-order valence-electron chi connectivity index (χ1n) is 14.5. The van der Waals surface area contributed by atoms with E-state index in [9.17, 15) is 22.4 Å². The van der Waals surface area contributed by atoms with Gasteiger partial charge in [-0.15, -0.1) is 0 Å². The van der Waals surface area contributed by atoms with E-state index in [1.807, 2.05) is 37.3 Å². The summed E-state index contributed by atoms with van der Waals surface area (Å²) in [6.07, 6.45) is 1.78. The molecule has 0 radical (unpaired) electrons. The zero-order valence-electron chi connectivity index (χ0n) is 24.7. The van der Waals surface area contributed by atoms with Gasteiger partial charge in [-0.3, -0.25) is 13.9 Å². The number of unbranched alkanes of at least 4 members (excludes halogenated alkanes) is 1. The van der Waals surface area contributed by atoms with E-state index in [0.29, 0.717) is 17.1 Å². The quantitative estimate of drug-likeness (QED) is 0.148. The standard InChI is InChI=1S/C34H34Cl2FN3O4S/c1-2-3-20-38-34(42)32(22-25-10-6-4-7-11-25)39(23-26-14-19-30(35)31(36)21-26)33(41)24-40(28-17-15-27(37)16-18-28)45(43,44)29-12-8-5-9-13-29/h4-19,21,32H,2-3,20,22-24H2,1H3,(H,38,42). The molecule has 0 bridgehead atoms. The first-order chi connectivity index (χ1) is 21.6. The minimum atomic E-state index is -4.28. The molecule has 0 aliphatic heterocycles. The van der Waals surface area contributed by atoms with E-state index >= 15 is 0 Å². The Morgan fingerprint density at radius 2 is 1.49 bits per heavy atom. The Labute approximate surface area is 273 Å². The summed E-state index contributed by atoms with van der Waals surface area (Å²) >= 11 is 12.5. The van der Waals surface area contributed by atoms with Gasteiger partial charge in [-0.05, 0) is 66.1 Å². The van der Waals surface area contributed by atoms with Gasteiger partial charge in [-0.2, -0.15) is 0 Å². The van der Waals surface area contributed by atoms with Crippen molar-refractivity contribution in [2.24, 2.45) is 0 Å². The summed E-state index contributed by atoms with van der Waals surface area (Å²) in [5, 5.41) is 3.54. The van der Waals surface area contributed by atoms with Gasteiger partial charge >= 0.3 is 0 Å². The van der Waals surface area contributed by atoms with Crippen LogP contribution in [0.5, 0.6) is 0 Å². The van der Waals surface area contributed by atoms with Crippen molar-refractivity contribution in [1.29, 1.82) is 0 Å². The summed E-state index contributed by atoms with van der Waals surface area (Å²) in [6.45, 7) is 1.71. The van der Waals surface area contributed by atoms with E-state index < -0.39 is 34.3 Å². The molecule has 0 aliphatic carbocycles. The molecule has 0 saturated heterocycles. The number of amides is 2. The van der Waals surface area contributed by atoms with Gasteiger partial charge in [0.15, 0.2) is 0 Å². The third-order valence-electron chi connectivity index (χ3n) is 7.16. The SMILES string of the molecule is CCCCNC(=O)C(Cc1ccccc1)N(Cc1ccc(Cl)c(Cl)c1)C(=O)CN(c1ccc(F)cc1)S(=O)(=O)c1ccccc1. The molecular weight excluding hydrogens is 636 g/mol. The minimum Gasteiger partial charge on any atom is -0.354 e. The zero-order chi connectivity index (χ0) is 32.4. The van der Waals surface area contributed by atoms with E-state index in [-0.39, 0.29) is 34.5 Å². The molecule has 7 nitrogen and oxygen atoms in total. The lowest BCUT2D eigenvalue weighted by atomic mass is 10.0. The normalized spacial score (nSPS) is 11.9. The number of rotatable bonds is 14. The van der Waals surface area contributed by atoms with Gasteiger partial charge in [-0.1, -0.05) is 91.1 Å². The van der Waals surface area contributed by atoms with Crippen molar-refractivity contribution in [2.75, 3.05) is 17.4 Å². The second-order valence-electron chi connectivity index (χ2n) is 10.4. The molecule has 0 saturated carbocycles. The van der Waals surface area contributed by atoms with Crippen molar-refractivity contribution >= 4 is 50.7 Å². The number of hydrogen-bond acceptors (Lipinski definition) is 4. The van der Waals surface area contributed by atoms with Crippen molar-refractivity contribution in [1.82, 2.24) is 10.2 Å². The maximum Gasteiger partial charge on any atom is 0.264 e. The van der Waals surface area contributed by atoms with E-state index in [1.165, 1.54) is 29.2 Å². The Kier molecular flexibility index (Phi) is 12.0. The van der Waals surface area contributed by atoms with Crippen LogP contribution in [-0.2, 0) is 32.6 Å². The molecule has 4 aromatic carbocycles. The number of carbonyl (C=O) groups is 2. The predicted molar refractivity (Wildman–Crippen MR) is 176 cm³/mol. The summed E-state index contributed by atoms with van der Waals surface area (Å²) in [5.41, 5.74) is 1.50. The van der Waals surface area contributed by atoms with Gasteiger partial charge < -0.3 is 10.2 Å². The van der Waals surface area contributed by atoms with Crippen molar-refractivity contribution in [3.8, 4) is 0 Å². The van der Waals surface area contributed by atoms with Crippen molar-refractivity contribution in [3.63, 3.8) is 0 Å². The Morgan fingerprint density at radius 1 is 0.844 bits per heavy atom. The fraction of sp³-hybridized carbons (Fsp3) is 0.235. The van der Waals surface area contributed by atoms with Crippen LogP contribution < -0.4 is 9.62 Å². The lowest BCUT2D eigenvalue weighted by Crippen LogP contribution is -2.53. The highest BCUT2D eigenvalue weighted by Gasteiger charge is 2.34. The molecule has 236 valence electrons. The lowest BCUT2D eigenvalue weighted by molar-refractivity contribution is -0.140. The fourth-order valence-electron chi connectivity index (χ4n) is 4.75. The van der Waals surface area contributed by atoms with Crippen molar-refractivity contribution in [3.05, 3.63) is 130 Å². The zero-order valence-corrected chi connectivity index (χ0v) is 27.0. The van der Waals surface area contributed by atoms with E-state index in [1.54, 1.807) is 36.4 Å².